The van der Waals surface area contributed by atoms with Crippen LogP contribution in [0.1, 0.15) is 39.7 Å². The second-order valence-electron chi connectivity index (χ2n) is 9.96. The van der Waals surface area contributed by atoms with E-state index in [-0.39, 0.29) is 29.0 Å². The molecule has 3 rings (SSSR count). The number of benzene rings is 3. The Morgan fingerprint density at radius 3 is 2.12 bits per heavy atom. The van der Waals surface area contributed by atoms with E-state index in [1.807, 2.05) is 58.0 Å². The summed E-state index contributed by atoms with van der Waals surface area (Å²) in [6.07, 6.45) is 0.330. The van der Waals surface area contributed by atoms with E-state index in [1.54, 1.807) is 24.3 Å². The van der Waals surface area contributed by atoms with E-state index in [1.165, 1.54) is 4.90 Å². The average molecular weight is 584 g/mol. The Kier molecular flexibility index (Phi) is 11.3. The molecule has 41 heavy (non-hydrogen) atoms. The van der Waals surface area contributed by atoms with E-state index < -0.39 is 34.3 Å². The molecule has 0 aliphatic heterocycles. The summed E-state index contributed by atoms with van der Waals surface area (Å²) in [6.45, 7) is 8.01. The normalized spacial score (nSPS) is 12.0. The van der Waals surface area contributed by atoms with Gasteiger partial charge < -0.3 is 15.0 Å². The minimum Gasteiger partial charge on any atom is -0.494 e. The fourth-order valence-electron chi connectivity index (χ4n) is 4.26. The summed E-state index contributed by atoms with van der Waals surface area (Å²) < 4.78 is 47.8. The van der Waals surface area contributed by atoms with E-state index >= 15 is 0 Å². The quantitative estimate of drug-likeness (QED) is 0.288. The van der Waals surface area contributed by atoms with Crippen molar-refractivity contribution in [2.75, 3.05) is 24.0 Å². The highest BCUT2D eigenvalue weighted by atomic mass is 32.2. The van der Waals surface area contributed by atoms with Gasteiger partial charge in [-0.3, -0.25) is 13.9 Å². The number of ether oxygens (including phenoxy) is 1. The zero-order valence-corrected chi connectivity index (χ0v) is 24.7. The van der Waals surface area contributed by atoms with Crippen molar-refractivity contribution in [2.24, 2.45) is 5.92 Å². The Labute approximate surface area is 242 Å². The highest BCUT2D eigenvalue weighted by Gasteiger charge is 2.33. The first-order valence-electron chi connectivity index (χ1n) is 13.7. The lowest BCUT2D eigenvalue weighted by Crippen LogP contribution is -2.52. The van der Waals surface area contributed by atoms with Crippen LogP contribution in [0.15, 0.2) is 83.8 Å². The van der Waals surface area contributed by atoms with Gasteiger partial charge in [0.05, 0.1) is 17.2 Å². The molecule has 0 aliphatic rings. The van der Waals surface area contributed by atoms with E-state index in [0.29, 0.717) is 25.3 Å². The fraction of sp³-hybridized carbons (Fsp3) is 0.355. The van der Waals surface area contributed by atoms with Gasteiger partial charge in [0.25, 0.3) is 10.0 Å². The summed E-state index contributed by atoms with van der Waals surface area (Å²) in [4.78, 5) is 28.5. The minimum absolute atomic E-state index is 0.112. The smallest absolute Gasteiger partial charge is 0.264 e. The van der Waals surface area contributed by atoms with Crippen molar-refractivity contribution >= 4 is 27.5 Å². The molecule has 0 aliphatic carbocycles. The maximum atomic E-state index is 14.0. The number of carbonyl (C=O) groups excluding carboxylic acids is 2. The number of anilines is 1. The SMILES string of the molecule is CCOc1ccc(N(CC(=O)N(Cc2ccccc2)[C@@H](CC)C(=O)NCC(C)C)S(=O)(=O)c2ccc(F)cc2)cc1. The average Bonchev–Trinajstić information content (AvgIpc) is 2.96. The molecule has 10 heteroatoms. The van der Waals surface area contributed by atoms with Crippen LogP contribution in [0.3, 0.4) is 0 Å². The summed E-state index contributed by atoms with van der Waals surface area (Å²) in [6, 6.07) is 19.2. The predicted octanol–water partition coefficient (Wildman–Crippen LogP) is 5.00. The minimum atomic E-state index is -4.29. The standard InChI is InChI=1S/C31H38FN3O5S/c1-5-29(31(37)33-20-23(3)4)34(21-24-10-8-7-9-11-24)30(36)22-35(26-14-16-27(17-15-26)40-6-2)41(38,39)28-18-12-25(32)13-19-28/h7-19,23,29H,5-6,20-22H2,1-4H3,(H,33,37)/t29-/m0/s1. The second kappa shape index (κ2) is 14.6. The van der Waals surface area contributed by atoms with Gasteiger partial charge in [0.2, 0.25) is 11.8 Å². The number of rotatable bonds is 14. The molecular formula is C31H38FN3O5S. The summed E-state index contributed by atoms with van der Waals surface area (Å²) in [7, 11) is -4.29. The van der Waals surface area contributed by atoms with Crippen LogP contribution < -0.4 is 14.4 Å². The lowest BCUT2D eigenvalue weighted by atomic mass is 10.1. The number of hydrogen-bond acceptors (Lipinski definition) is 5. The molecule has 0 aromatic heterocycles. The van der Waals surface area contributed by atoms with Gasteiger partial charge in [-0.15, -0.1) is 0 Å². The molecule has 3 aromatic carbocycles. The van der Waals surface area contributed by atoms with Crippen molar-refractivity contribution in [3.63, 3.8) is 0 Å². The van der Waals surface area contributed by atoms with Gasteiger partial charge in [0.1, 0.15) is 24.2 Å². The third-order valence-corrected chi connectivity index (χ3v) is 8.17. The van der Waals surface area contributed by atoms with E-state index in [9.17, 15) is 22.4 Å². The van der Waals surface area contributed by atoms with E-state index in [0.717, 1.165) is 34.1 Å². The summed E-state index contributed by atoms with van der Waals surface area (Å²) in [5, 5.41) is 2.90. The monoisotopic (exact) mass is 583 g/mol. The summed E-state index contributed by atoms with van der Waals surface area (Å²) >= 11 is 0. The molecule has 1 N–H and O–H groups in total. The van der Waals surface area contributed by atoms with Crippen molar-refractivity contribution in [3.8, 4) is 5.75 Å². The molecule has 0 bridgehead atoms. The molecule has 220 valence electrons. The third-order valence-electron chi connectivity index (χ3n) is 6.38. The summed E-state index contributed by atoms with van der Waals surface area (Å²) in [5.74, 6) is -0.689. The Bertz CT molecular complexity index is 1380. The second-order valence-corrected chi connectivity index (χ2v) is 11.8. The molecule has 0 saturated heterocycles. The Morgan fingerprint density at radius 1 is 0.927 bits per heavy atom. The maximum Gasteiger partial charge on any atom is 0.264 e. The Hall–Kier alpha value is -3.92. The van der Waals surface area contributed by atoms with Gasteiger partial charge in [0.15, 0.2) is 0 Å². The van der Waals surface area contributed by atoms with Crippen molar-refractivity contribution in [3.05, 3.63) is 90.2 Å². The first kappa shape index (κ1) is 31.6. The first-order valence-corrected chi connectivity index (χ1v) is 15.1. The number of carbonyl (C=O) groups is 2. The van der Waals surface area contributed by atoms with E-state index in [4.69, 9.17) is 4.74 Å². The molecule has 0 heterocycles. The molecule has 1 atom stereocenters. The number of nitrogens with one attached hydrogen (secondary N) is 1. The zero-order chi connectivity index (χ0) is 30.0. The molecule has 0 unspecified atom stereocenters. The van der Waals surface area contributed by atoms with Gasteiger partial charge in [0, 0.05) is 13.1 Å². The van der Waals surface area contributed by atoms with Crippen LogP contribution in [0.25, 0.3) is 0 Å². The van der Waals surface area contributed by atoms with Crippen LogP contribution in [-0.4, -0.2) is 50.9 Å². The van der Waals surface area contributed by atoms with Crippen molar-refractivity contribution < 1.29 is 27.1 Å². The number of sulfonamides is 1. The molecule has 2 amide bonds. The number of hydrogen-bond donors (Lipinski definition) is 1. The zero-order valence-electron chi connectivity index (χ0n) is 23.9. The summed E-state index contributed by atoms with van der Waals surface area (Å²) in [5.41, 5.74) is 1.02. The fourth-order valence-corrected chi connectivity index (χ4v) is 5.67. The van der Waals surface area contributed by atoms with Gasteiger partial charge >= 0.3 is 0 Å². The van der Waals surface area contributed by atoms with Crippen LogP contribution in [0.5, 0.6) is 5.75 Å². The van der Waals surface area contributed by atoms with Crippen LogP contribution in [-0.2, 0) is 26.2 Å². The first-order chi connectivity index (χ1) is 19.6. The van der Waals surface area contributed by atoms with Gasteiger partial charge in [-0.1, -0.05) is 51.1 Å². The molecule has 0 fully saturated rings. The lowest BCUT2D eigenvalue weighted by Gasteiger charge is -2.33. The highest BCUT2D eigenvalue weighted by molar-refractivity contribution is 7.92. The molecular weight excluding hydrogens is 545 g/mol. The van der Waals surface area contributed by atoms with E-state index in [2.05, 4.69) is 5.32 Å². The van der Waals surface area contributed by atoms with Crippen LogP contribution in [0, 0.1) is 11.7 Å². The molecule has 0 spiro atoms. The third kappa shape index (κ3) is 8.53. The lowest BCUT2D eigenvalue weighted by molar-refractivity contribution is -0.140. The van der Waals surface area contributed by atoms with Crippen molar-refractivity contribution in [2.45, 2.75) is 51.6 Å². The Morgan fingerprint density at radius 2 is 1.56 bits per heavy atom. The largest absolute Gasteiger partial charge is 0.494 e. The maximum absolute atomic E-state index is 14.0. The van der Waals surface area contributed by atoms with Crippen LogP contribution in [0.2, 0.25) is 0 Å². The Balaban J connectivity index is 2.03. The van der Waals surface area contributed by atoms with Gasteiger partial charge in [-0.25, -0.2) is 12.8 Å². The van der Waals surface area contributed by atoms with Gasteiger partial charge in [-0.2, -0.15) is 0 Å². The molecule has 8 nitrogen and oxygen atoms in total. The topological polar surface area (TPSA) is 96.0 Å². The van der Waals surface area contributed by atoms with Crippen molar-refractivity contribution in [1.82, 2.24) is 10.2 Å². The highest BCUT2D eigenvalue weighted by Crippen LogP contribution is 2.27. The number of nitrogens with zero attached hydrogens (tertiary/aromatic N) is 2. The predicted molar refractivity (Wildman–Crippen MR) is 157 cm³/mol. The molecule has 0 saturated carbocycles. The number of amides is 2. The van der Waals surface area contributed by atoms with Crippen molar-refractivity contribution in [1.29, 1.82) is 0 Å². The molecule has 3 aromatic rings. The molecule has 0 radical (unpaired) electrons. The number of halogens is 1. The van der Waals surface area contributed by atoms with Gasteiger partial charge in [-0.05, 0) is 73.4 Å². The van der Waals surface area contributed by atoms with Crippen LogP contribution >= 0.6 is 0 Å². The van der Waals surface area contributed by atoms with Crippen LogP contribution in [0.4, 0.5) is 10.1 Å².